The van der Waals surface area contributed by atoms with Gasteiger partial charge in [0.15, 0.2) is 17.5 Å². The quantitative estimate of drug-likeness (QED) is 0.832. The van der Waals surface area contributed by atoms with Crippen LogP contribution in [-0.4, -0.2) is 23.0 Å². The number of hydrogen-bond acceptors (Lipinski definition) is 3. The van der Waals surface area contributed by atoms with E-state index >= 15 is 0 Å². The van der Waals surface area contributed by atoms with Gasteiger partial charge in [0.2, 0.25) is 0 Å². The van der Waals surface area contributed by atoms with Crippen LogP contribution in [0.1, 0.15) is 6.42 Å². The molecule has 2 rings (SSSR count). The molecule has 1 atom stereocenters. The Morgan fingerprint density at radius 2 is 2.19 bits per heavy atom. The summed E-state index contributed by atoms with van der Waals surface area (Å²) in [7, 11) is 0. The van der Waals surface area contributed by atoms with E-state index in [9.17, 15) is 13.2 Å². The predicted molar refractivity (Wildman–Crippen MR) is 58.0 cm³/mol. The molecule has 0 aliphatic carbocycles. The molecule has 88 valence electrons. The average Bonchev–Trinajstić information content (AvgIpc) is 2.74. The Hall–Kier alpha value is -0.910. The van der Waals surface area contributed by atoms with Crippen molar-refractivity contribution in [1.29, 1.82) is 0 Å². The first-order chi connectivity index (χ1) is 7.66. The second-order valence-corrected chi connectivity index (χ2v) is 4.85. The van der Waals surface area contributed by atoms with Gasteiger partial charge < -0.3 is 5.32 Å². The molecule has 1 saturated heterocycles. The maximum absolute atomic E-state index is 13.2. The molecule has 16 heavy (non-hydrogen) atoms. The van der Waals surface area contributed by atoms with E-state index in [-0.39, 0.29) is 5.82 Å². The molecule has 1 fully saturated rings. The SMILES string of the molecule is Fc1cc(F)c(NCC2CCSC2)nc1F. The van der Waals surface area contributed by atoms with Crippen LogP contribution in [0.2, 0.25) is 0 Å². The summed E-state index contributed by atoms with van der Waals surface area (Å²) >= 11 is 1.84. The summed E-state index contributed by atoms with van der Waals surface area (Å²) < 4.78 is 38.5. The van der Waals surface area contributed by atoms with Crippen LogP contribution >= 0.6 is 11.8 Å². The van der Waals surface area contributed by atoms with Crippen molar-refractivity contribution >= 4 is 17.6 Å². The molecule has 1 unspecified atom stereocenters. The van der Waals surface area contributed by atoms with E-state index in [1.807, 2.05) is 11.8 Å². The maximum Gasteiger partial charge on any atom is 0.251 e. The fourth-order valence-corrected chi connectivity index (χ4v) is 2.84. The van der Waals surface area contributed by atoms with Gasteiger partial charge in [-0.15, -0.1) is 0 Å². The molecule has 0 radical (unpaired) electrons. The summed E-state index contributed by atoms with van der Waals surface area (Å²) in [5.74, 6) is -1.05. The van der Waals surface area contributed by atoms with Gasteiger partial charge in [-0.25, -0.2) is 8.78 Å². The summed E-state index contributed by atoms with van der Waals surface area (Å²) in [6.07, 6.45) is 1.06. The minimum absolute atomic E-state index is 0.212. The highest BCUT2D eigenvalue weighted by Gasteiger charge is 2.17. The van der Waals surface area contributed by atoms with Gasteiger partial charge in [-0.05, 0) is 23.8 Å². The number of rotatable bonds is 3. The minimum Gasteiger partial charge on any atom is -0.367 e. The molecule has 2 heterocycles. The smallest absolute Gasteiger partial charge is 0.251 e. The van der Waals surface area contributed by atoms with Crippen LogP contribution in [0.25, 0.3) is 0 Å². The van der Waals surface area contributed by atoms with Gasteiger partial charge in [-0.1, -0.05) is 0 Å². The number of aromatic nitrogens is 1. The first kappa shape index (κ1) is 11.6. The Bertz CT molecular complexity index is 381. The lowest BCUT2D eigenvalue weighted by Crippen LogP contribution is -2.15. The number of nitrogens with one attached hydrogen (secondary N) is 1. The Labute approximate surface area is 95.6 Å². The lowest BCUT2D eigenvalue weighted by atomic mass is 10.1. The number of hydrogen-bond donors (Lipinski definition) is 1. The zero-order valence-corrected chi connectivity index (χ0v) is 9.29. The largest absolute Gasteiger partial charge is 0.367 e. The normalized spacial score (nSPS) is 20.1. The molecule has 0 bridgehead atoms. The van der Waals surface area contributed by atoms with Crippen molar-refractivity contribution < 1.29 is 13.2 Å². The van der Waals surface area contributed by atoms with E-state index in [0.717, 1.165) is 17.9 Å². The molecular formula is C10H11F3N2S. The standard InChI is InChI=1S/C10H11F3N2S/c11-7-3-8(12)10(15-9(7)13)14-4-6-1-2-16-5-6/h3,6H,1-2,4-5H2,(H,14,15). The van der Waals surface area contributed by atoms with Crippen LogP contribution in [0, 0.1) is 23.5 Å². The van der Waals surface area contributed by atoms with E-state index in [2.05, 4.69) is 10.3 Å². The van der Waals surface area contributed by atoms with Gasteiger partial charge in [0.05, 0.1) is 0 Å². The van der Waals surface area contributed by atoms with Crippen LogP contribution in [0.3, 0.4) is 0 Å². The summed E-state index contributed by atoms with van der Waals surface area (Å²) in [4.78, 5) is 3.20. The molecule has 6 heteroatoms. The summed E-state index contributed by atoms with van der Waals surface area (Å²) in [6, 6.07) is 0.508. The maximum atomic E-state index is 13.2. The Kier molecular flexibility index (Phi) is 3.58. The second-order valence-electron chi connectivity index (χ2n) is 3.70. The van der Waals surface area contributed by atoms with Crippen molar-refractivity contribution in [3.8, 4) is 0 Å². The molecule has 0 amide bonds. The van der Waals surface area contributed by atoms with Gasteiger partial charge in [-0.2, -0.15) is 21.1 Å². The second kappa shape index (κ2) is 4.95. The number of thioether (sulfide) groups is 1. The van der Waals surface area contributed by atoms with Gasteiger partial charge in [0.25, 0.3) is 5.95 Å². The van der Waals surface area contributed by atoms with Crippen molar-refractivity contribution in [2.75, 3.05) is 23.4 Å². The van der Waals surface area contributed by atoms with Gasteiger partial charge in [-0.3, -0.25) is 0 Å². The van der Waals surface area contributed by atoms with E-state index in [1.165, 1.54) is 0 Å². The highest BCUT2D eigenvalue weighted by molar-refractivity contribution is 7.99. The zero-order valence-electron chi connectivity index (χ0n) is 8.47. The molecule has 1 N–H and O–H groups in total. The van der Waals surface area contributed by atoms with Gasteiger partial charge in [0, 0.05) is 12.6 Å². The molecule has 1 aliphatic rings. The van der Waals surface area contributed by atoms with Crippen molar-refractivity contribution in [1.82, 2.24) is 4.98 Å². The molecule has 0 aromatic carbocycles. The lowest BCUT2D eigenvalue weighted by Gasteiger charge is -2.11. The monoisotopic (exact) mass is 248 g/mol. The third kappa shape index (κ3) is 2.61. The molecule has 2 nitrogen and oxygen atoms in total. The van der Waals surface area contributed by atoms with E-state index in [1.54, 1.807) is 0 Å². The number of nitrogens with zero attached hydrogens (tertiary/aromatic N) is 1. The molecule has 0 saturated carbocycles. The Morgan fingerprint density at radius 3 is 2.88 bits per heavy atom. The van der Waals surface area contributed by atoms with E-state index in [4.69, 9.17) is 0 Å². The number of anilines is 1. The first-order valence-electron chi connectivity index (χ1n) is 5.00. The first-order valence-corrected chi connectivity index (χ1v) is 6.15. The third-order valence-electron chi connectivity index (χ3n) is 2.47. The van der Waals surface area contributed by atoms with E-state index in [0.29, 0.717) is 18.5 Å². The summed E-state index contributed by atoms with van der Waals surface area (Å²) in [6.45, 7) is 0.544. The number of pyridine rings is 1. The van der Waals surface area contributed by atoms with Gasteiger partial charge >= 0.3 is 0 Å². The van der Waals surface area contributed by atoms with Crippen LogP contribution in [-0.2, 0) is 0 Å². The highest BCUT2D eigenvalue weighted by atomic mass is 32.2. The van der Waals surface area contributed by atoms with Crippen LogP contribution in [0.15, 0.2) is 6.07 Å². The van der Waals surface area contributed by atoms with Crippen molar-refractivity contribution in [2.45, 2.75) is 6.42 Å². The Balaban J connectivity index is 2.00. The van der Waals surface area contributed by atoms with E-state index < -0.39 is 17.6 Å². The van der Waals surface area contributed by atoms with Crippen LogP contribution < -0.4 is 5.32 Å². The van der Waals surface area contributed by atoms with Crippen molar-refractivity contribution in [3.05, 3.63) is 23.6 Å². The summed E-state index contributed by atoms with van der Waals surface area (Å²) in [5, 5.41) is 2.72. The zero-order chi connectivity index (χ0) is 11.5. The fourth-order valence-electron chi connectivity index (χ4n) is 1.55. The van der Waals surface area contributed by atoms with Gasteiger partial charge in [0.1, 0.15) is 0 Å². The molecular weight excluding hydrogens is 237 g/mol. The fraction of sp³-hybridized carbons (Fsp3) is 0.500. The molecule has 1 aliphatic heterocycles. The molecule has 1 aromatic heterocycles. The minimum atomic E-state index is -1.27. The summed E-state index contributed by atoms with van der Waals surface area (Å²) in [5.41, 5.74) is 0. The third-order valence-corrected chi connectivity index (χ3v) is 3.70. The van der Waals surface area contributed by atoms with Crippen molar-refractivity contribution in [3.63, 3.8) is 0 Å². The highest BCUT2D eigenvalue weighted by Crippen LogP contribution is 2.24. The van der Waals surface area contributed by atoms with Crippen LogP contribution in [0.5, 0.6) is 0 Å². The predicted octanol–water partition coefficient (Wildman–Crippen LogP) is 2.66. The average molecular weight is 248 g/mol. The van der Waals surface area contributed by atoms with Crippen molar-refractivity contribution in [2.24, 2.45) is 5.92 Å². The lowest BCUT2D eigenvalue weighted by molar-refractivity contribution is 0.465. The number of halogens is 3. The van der Waals surface area contributed by atoms with Crippen LogP contribution in [0.4, 0.5) is 19.0 Å². The molecule has 1 aromatic rings. The topological polar surface area (TPSA) is 24.9 Å². The molecule has 0 spiro atoms. The Morgan fingerprint density at radius 1 is 1.38 bits per heavy atom.